The summed E-state index contributed by atoms with van der Waals surface area (Å²) in [5, 5.41) is 4.22. The summed E-state index contributed by atoms with van der Waals surface area (Å²) in [4.78, 5) is 12.7. The lowest BCUT2D eigenvalue weighted by molar-refractivity contribution is 0.101. The first kappa shape index (κ1) is 11.9. The SMILES string of the molecule is CCNc1sc(-c2ccccc2)cc1C(C)=O. The summed E-state index contributed by atoms with van der Waals surface area (Å²) in [6, 6.07) is 12.1. The number of carbonyl (C=O) groups is 1. The highest BCUT2D eigenvalue weighted by atomic mass is 32.1. The molecule has 88 valence electrons. The Bertz CT molecular complexity index is 516. The van der Waals surface area contributed by atoms with Crippen LogP contribution in [0.2, 0.25) is 0 Å². The molecule has 0 saturated carbocycles. The van der Waals surface area contributed by atoms with Crippen LogP contribution >= 0.6 is 11.3 Å². The normalized spacial score (nSPS) is 10.2. The van der Waals surface area contributed by atoms with E-state index in [9.17, 15) is 4.79 Å². The van der Waals surface area contributed by atoms with Crippen molar-refractivity contribution in [1.82, 2.24) is 0 Å². The summed E-state index contributed by atoms with van der Waals surface area (Å²) in [6.07, 6.45) is 0. The lowest BCUT2D eigenvalue weighted by atomic mass is 10.1. The number of thiophene rings is 1. The standard InChI is InChI=1S/C14H15NOS/c1-3-15-14-12(10(2)16)9-13(17-14)11-7-5-4-6-8-11/h4-9,15H,3H2,1-2H3. The lowest BCUT2D eigenvalue weighted by Crippen LogP contribution is -1.99. The average Bonchev–Trinajstić information content (AvgIpc) is 2.75. The second kappa shape index (κ2) is 5.15. The zero-order chi connectivity index (χ0) is 12.3. The van der Waals surface area contributed by atoms with Crippen LogP contribution in [0.25, 0.3) is 10.4 Å². The molecule has 3 heteroatoms. The van der Waals surface area contributed by atoms with Gasteiger partial charge in [0.2, 0.25) is 0 Å². The minimum Gasteiger partial charge on any atom is -0.377 e. The Morgan fingerprint density at radius 2 is 2.00 bits per heavy atom. The monoisotopic (exact) mass is 245 g/mol. The first-order chi connectivity index (χ1) is 8.22. The molecule has 0 unspecified atom stereocenters. The molecule has 1 aromatic carbocycles. The maximum atomic E-state index is 11.6. The Balaban J connectivity index is 2.44. The van der Waals surface area contributed by atoms with Gasteiger partial charge >= 0.3 is 0 Å². The van der Waals surface area contributed by atoms with Gasteiger partial charge in [-0.05, 0) is 25.5 Å². The third-order valence-corrected chi connectivity index (χ3v) is 3.65. The number of Topliss-reactive ketones (excluding diaryl/α,β-unsaturated/α-hetero) is 1. The van der Waals surface area contributed by atoms with Crippen LogP contribution in [0.15, 0.2) is 36.4 Å². The fraction of sp³-hybridized carbons (Fsp3) is 0.214. The van der Waals surface area contributed by atoms with Gasteiger partial charge in [0.25, 0.3) is 0 Å². The van der Waals surface area contributed by atoms with Crippen molar-refractivity contribution in [2.24, 2.45) is 0 Å². The molecular weight excluding hydrogens is 230 g/mol. The summed E-state index contributed by atoms with van der Waals surface area (Å²) in [5.74, 6) is 0.111. The average molecular weight is 245 g/mol. The van der Waals surface area contributed by atoms with Gasteiger partial charge in [0, 0.05) is 11.4 Å². The van der Waals surface area contributed by atoms with Gasteiger partial charge in [-0.3, -0.25) is 4.79 Å². The zero-order valence-corrected chi connectivity index (χ0v) is 10.8. The minimum absolute atomic E-state index is 0.111. The van der Waals surface area contributed by atoms with Crippen LogP contribution in [-0.4, -0.2) is 12.3 Å². The van der Waals surface area contributed by atoms with Crippen molar-refractivity contribution in [2.75, 3.05) is 11.9 Å². The lowest BCUT2D eigenvalue weighted by Gasteiger charge is -2.00. The van der Waals surface area contributed by atoms with E-state index in [1.54, 1.807) is 18.3 Å². The third kappa shape index (κ3) is 2.56. The number of anilines is 1. The van der Waals surface area contributed by atoms with E-state index in [2.05, 4.69) is 17.4 Å². The highest BCUT2D eigenvalue weighted by Crippen LogP contribution is 2.35. The quantitative estimate of drug-likeness (QED) is 0.823. The fourth-order valence-corrected chi connectivity index (χ4v) is 2.87. The van der Waals surface area contributed by atoms with Crippen molar-refractivity contribution in [3.8, 4) is 10.4 Å². The van der Waals surface area contributed by atoms with E-state index in [0.717, 1.165) is 27.5 Å². The predicted octanol–water partition coefficient (Wildman–Crippen LogP) is 4.05. The Morgan fingerprint density at radius 1 is 1.29 bits per heavy atom. The number of benzene rings is 1. The minimum atomic E-state index is 0.111. The van der Waals surface area contributed by atoms with Crippen LogP contribution in [0.1, 0.15) is 24.2 Å². The molecule has 0 atom stereocenters. The van der Waals surface area contributed by atoms with E-state index in [-0.39, 0.29) is 5.78 Å². The Labute approximate surface area is 105 Å². The van der Waals surface area contributed by atoms with Gasteiger partial charge in [0.1, 0.15) is 0 Å². The van der Waals surface area contributed by atoms with Crippen molar-refractivity contribution in [1.29, 1.82) is 0 Å². The van der Waals surface area contributed by atoms with Gasteiger partial charge in [0.15, 0.2) is 5.78 Å². The molecule has 0 aliphatic heterocycles. The summed E-state index contributed by atoms with van der Waals surface area (Å²) >= 11 is 1.63. The molecule has 0 amide bonds. The maximum Gasteiger partial charge on any atom is 0.162 e. The smallest absolute Gasteiger partial charge is 0.162 e. The number of hydrogen-bond donors (Lipinski definition) is 1. The summed E-state index contributed by atoms with van der Waals surface area (Å²) in [7, 11) is 0. The van der Waals surface area contributed by atoms with Crippen LogP contribution in [-0.2, 0) is 0 Å². The summed E-state index contributed by atoms with van der Waals surface area (Å²) < 4.78 is 0. The molecule has 0 fully saturated rings. The molecule has 17 heavy (non-hydrogen) atoms. The van der Waals surface area contributed by atoms with Crippen molar-refractivity contribution in [3.63, 3.8) is 0 Å². The van der Waals surface area contributed by atoms with Gasteiger partial charge < -0.3 is 5.32 Å². The van der Waals surface area contributed by atoms with Gasteiger partial charge in [-0.1, -0.05) is 30.3 Å². The predicted molar refractivity (Wildman–Crippen MR) is 73.9 cm³/mol. The Kier molecular flexibility index (Phi) is 3.59. The van der Waals surface area contributed by atoms with Crippen LogP contribution in [0.5, 0.6) is 0 Å². The first-order valence-electron chi connectivity index (χ1n) is 5.66. The molecule has 0 radical (unpaired) electrons. The molecule has 2 aromatic rings. The van der Waals surface area contributed by atoms with Crippen molar-refractivity contribution < 1.29 is 4.79 Å². The Hall–Kier alpha value is -1.61. The van der Waals surface area contributed by atoms with Crippen LogP contribution < -0.4 is 5.32 Å². The molecule has 0 aliphatic rings. The van der Waals surface area contributed by atoms with Crippen molar-refractivity contribution in [3.05, 3.63) is 42.0 Å². The van der Waals surface area contributed by atoms with E-state index < -0.39 is 0 Å². The molecule has 1 aromatic heterocycles. The molecular formula is C14H15NOS. The van der Waals surface area contributed by atoms with Crippen LogP contribution in [0.3, 0.4) is 0 Å². The number of ketones is 1. The van der Waals surface area contributed by atoms with E-state index in [0.29, 0.717) is 0 Å². The van der Waals surface area contributed by atoms with Gasteiger partial charge in [-0.2, -0.15) is 0 Å². The summed E-state index contributed by atoms with van der Waals surface area (Å²) in [5.41, 5.74) is 1.94. The molecule has 2 rings (SSSR count). The number of hydrogen-bond acceptors (Lipinski definition) is 3. The molecule has 0 bridgehead atoms. The highest BCUT2D eigenvalue weighted by molar-refractivity contribution is 7.19. The molecule has 2 nitrogen and oxygen atoms in total. The Morgan fingerprint density at radius 3 is 2.59 bits per heavy atom. The molecule has 1 N–H and O–H groups in total. The first-order valence-corrected chi connectivity index (χ1v) is 6.48. The molecule has 0 saturated heterocycles. The molecule has 1 heterocycles. The highest BCUT2D eigenvalue weighted by Gasteiger charge is 2.12. The van der Waals surface area contributed by atoms with Gasteiger partial charge in [-0.15, -0.1) is 11.3 Å². The van der Waals surface area contributed by atoms with E-state index in [1.807, 2.05) is 31.2 Å². The van der Waals surface area contributed by atoms with Crippen LogP contribution in [0.4, 0.5) is 5.00 Å². The number of carbonyl (C=O) groups excluding carboxylic acids is 1. The fourth-order valence-electron chi connectivity index (χ4n) is 1.69. The van der Waals surface area contributed by atoms with Crippen molar-refractivity contribution in [2.45, 2.75) is 13.8 Å². The maximum absolute atomic E-state index is 11.6. The number of nitrogens with one attached hydrogen (secondary N) is 1. The molecule has 0 aliphatic carbocycles. The van der Waals surface area contributed by atoms with Crippen molar-refractivity contribution >= 4 is 22.1 Å². The largest absolute Gasteiger partial charge is 0.377 e. The second-order valence-corrected chi connectivity index (χ2v) is 4.86. The van der Waals surface area contributed by atoms with Gasteiger partial charge in [0.05, 0.1) is 10.6 Å². The van der Waals surface area contributed by atoms with Crippen LogP contribution in [0, 0.1) is 0 Å². The second-order valence-electron chi connectivity index (χ2n) is 3.81. The van der Waals surface area contributed by atoms with E-state index >= 15 is 0 Å². The zero-order valence-electron chi connectivity index (χ0n) is 9.99. The third-order valence-electron chi connectivity index (χ3n) is 2.51. The number of rotatable bonds is 4. The van der Waals surface area contributed by atoms with E-state index in [1.165, 1.54) is 0 Å². The topological polar surface area (TPSA) is 29.1 Å². The molecule has 0 spiro atoms. The van der Waals surface area contributed by atoms with Gasteiger partial charge in [-0.25, -0.2) is 0 Å². The summed E-state index contributed by atoms with van der Waals surface area (Å²) in [6.45, 7) is 4.47. The van der Waals surface area contributed by atoms with E-state index in [4.69, 9.17) is 0 Å².